The van der Waals surface area contributed by atoms with Gasteiger partial charge in [0.05, 0.1) is 6.07 Å². The van der Waals surface area contributed by atoms with Crippen molar-refractivity contribution in [3.8, 4) is 6.07 Å². The number of nitrogens with zero attached hydrogens (tertiary/aromatic N) is 3. The van der Waals surface area contributed by atoms with Gasteiger partial charge in [-0.3, -0.25) is 4.79 Å². The molecular weight excluding hydrogens is 214 g/mol. The fraction of sp³-hybridized carbons (Fsp3) is 0.300. The lowest BCUT2D eigenvalue weighted by atomic mass is 10.2. The topological polar surface area (TPSA) is 57.0 Å². The number of aromatic nitrogens is 1. The number of carbonyl (C=O) groups excluding carboxylic acids is 1. The van der Waals surface area contributed by atoms with Crippen LogP contribution in [0, 0.1) is 11.3 Å². The van der Waals surface area contributed by atoms with Crippen molar-refractivity contribution in [1.29, 1.82) is 5.26 Å². The van der Waals surface area contributed by atoms with Crippen LogP contribution >= 0.6 is 11.6 Å². The quantitative estimate of drug-likeness (QED) is 0.718. The van der Waals surface area contributed by atoms with Gasteiger partial charge in [0.25, 0.3) is 5.91 Å². The van der Waals surface area contributed by atoms with Crippen LogP contribution in [0.4, 0.5) is 0 Å². The average Bonchev–Trinajstić information content (AvgIpc) is 2.26. The van der Waals surface area contributed by atoms with Gasteiger partial charge in [-0.25, -0.2) is 4.98 Å². The first-order valence-corrected chi connectivity index (χ1v) is 4.72. The molecule has 0 aliphatic heterocycles. The van der Waals surface area contributed by atoms with Gasteiger partial charge in [-0.1, -0.05) is 11.6 Å². The Balaban J connectivity index is 2.91. The van der Waals surface area contributed by atoms with Crippen molar-refractivity contribution < 1.29 is 4.79 Å². The standard InChI is InChI=1S/C10H10ClN3O/c1-7(6-12)14(2)10(15)8-3-4-13-9(11)5-8/h3-5,7H,1-2H3. The van der Waals surface area contributed by atoms with Gasteiger partial charge in [0, 0.05) is 18.8 Å². The molecule has 0 saturated heterocycles. The number of hydrogen-bond acceptors (Lipinski definition) is 3. The van der Waals surface area contributed by atoms with Gasteiger partial charge >= 0.3 is 0 Å². The van der Waals surface area contributed by atoms with Crippen molar-refractivity contribution in [2.24, 2.45) is 0 Å². The van der Waals surface area contributed by atoms with Crippen molar-refractivity contribution >= 4 is 17.5 Å². The second-order valence-corrected chi connectivity index (χ2v) is 3.48. The van der Waals surface area contributed by atoms with E-state index in [1.165, 1.54) is 17.2 Å². The fourth-order valence-corrected chi connectivity index (χ4v) is 1.18. The average molecular weight is 224 g/mol. The van der Waals surface area contributed by atoms with Crippen molar-refractivity contribution in [2.45, 2.75) is 13.0 Å². The molecule has 15 heavy (non-hydrogen) atoms. The molecule has 1 unspecified atom stereocenters. The maximum absolute atomic E-state index is 11.8. The van der Waals surface area contributed by atoms with E-state index in [9.17, 15) is 4.79 Å². The molecule has 0 bridgehead atoms. The highest BCUT2D eigenvalue weighted by Crippen LogP contribution is 2.10. The zero-order valence-electron chi connectivity index (χ0n) is 8.44. The second kappa shape index (κ2) is 4.76. The fourth-order valence-electron chi connectivity index (χ4n) is 1.00. The maximum Gasteiger partial charge on any atom is 0.254 e. The summed E-state index contributed by atoms with van der Waals surface area (Å²) in [6.07, 6.45) is 1.46. The third-order valence-corrected chi connectivity index (χ3v) is 2.27. The number of carbonyl (C=O) groups is 1. The molecule has 0 aromatic carbocycles. The first-order chi connectivity index (χ1) is 7.06. The molecule has 0 saturated carbocycles. The van der Waals surface area contributed by atoms with Gasteiger partial charge in [-0.05, 0) is 19.1 Å². The van der Waals surface area contributed by atoms with E-state index in [2.05, 4.69) is 4.98 Å². The summed E-state index contributed by atoms with van der Waals surface area (Å²) < 4.78 is 0. The summed E-state index contributed by atoms with van der Waals surface area (Å²) in [6, 6.07) is 4.56. The molecule has 1 aromatic rings. The van der Waals surface area contributed by atoms with Crippen LogP contribution in [0.15, 0.2) is 18.3 Å². The molecule has 5 heteroatoms. The van der Waals surface area contributed by atoms with Crippen LogP contribution in [0.3, 0.4) is 0 Å². The van der Waals surface area contributed by atoms with Crippen LogP contribution in [0.5, 0.6) is 0 Å². The summed E-state index contributed by atoms with van der Waals surface area (Å²) in [5.41, 5.74) is 0.430. The zero-order chi connectivity index (χ0) is 11.4. The minimum Gasteiger partial charge on any atom is -0.326 e. The first-order valence-electron chi connectivity index (χ1n) is 4.34. The largest absolute Gasteiger partial charge is 0.326 e. The zero-order valence-corrected chi connectivity index (χ0v) is 9.19. The Bertz CT molecular complexity index is 413. The Morgan fingerprint density at radius 3 is 2.93 bits per heavy atom. The molecule has 0 spiro atoms. The molecule has 0 aliphatic rings. The number of rotatable bonds is 2. The van der Waals surface area contributed by atoms with E-state index in [-0.39, 0.29) is 11.1 Å². The molecule has 1 atom stereocenters. The third kappa shape index (κ3) is 2.67. The van der Waals surface area contributed by atoms with Crippen molar-refractivity contribution in [1.82, 2.24) is 9.88 Å². The molecule has 1 amide bonds. The minimum absolute atomic E-state index is 0.242. The van der Waals surface area contributed by atoms with Crippen LogP contribution in [0.1, 0.15) is 17.3 Å². The van der Waals surface area contributed by atoms with Crippen molar-refractivity contribution in [3.05, 3.63) is 29.0 Å². The maximum atomic E-state index is 11.8. The van der Waals surface area contributed by atoms with Crippen LogP contribution < -0.4 is 0 Å². The van der Waals surface area contributed by atoms with Crippen LogP contribution in [-0.4, -0.2) is 28.9 Å². The van der Waals surface area contributed by atoms with Gasteiger partial charge in [0.15, 0.2) is 0 Å². The first kappa shape index (κ1) is 11.5. The molecule has 0 aliphatic carbocycles. The van der Waals surface area contributed by atoms with E-state index in [4.69, 9.17) is 16.9 Å². The predicted octanol–water partition coefficient (Wildman–Crippen LogP) is 1.72. The van der Waals surface area contributed by atoms with Crippen molar-refractivity contribution in [3.63, 3.8) is 0 Å². The number of pyridine rings is 1. The summed E-state index contributed by atoms with van der Waals surface area (Å²) in [5.74, 6) is -0.242. The Labute approximate surface area is 93.1 Å². The Hall–Kier alpha value is -1.60. The molecule has 4 nitrogen and oxygen atoms in total. The summed E-state index contributed by atoms with van der Waals surface area (Å²) in [7, 11) is 1.57. The third-order valence-electron chi connectivity index (χ3n) is 2.06. The molecule has 78 valence electrons. The van der Waals surface area contributed by atoms with Gasteiger partial charge in [0.2, 0.25) is 0 Å². The molecule has 1 rings (SSSR count). The normalized spacial score (nSPS) is 11.6. The van der Waals surface area contributed by atoms with Crippen LogP contribution in [0.2, 0.25) is 5.15 Å². The van der Waals surface area contributed by atoms with E-state index in [0.29, 0.717) is 5.56 Å². The number of halogens is 1. The Morgan fingerprint density at radius 1 is 1.73 bits per heavy atom. The number of amides is 1. The SMILES string of the molecule is CC(C#N)N(C)C(=O)c1ccnc(Cl)c1. The van der Waals surface area contributed by atoms with Gasteiger partial charge < -0.3 is 4.90 Å². The highest BCUT2D eigenvalue weighted by Gasteiger charge is 2.16. The summed E-state index contributed by atoms with van der Waals surface area (Å²) in [6.45, 7) is 1.65. The summed E-state index contributed by atoms with van der Waals surface area (Å²) >= 11 is 5.66. The van der Waals surface area contributed by atoms with Crippen molar-refractivity contribution in [2.75, 3.05) is 7.05 Å². The highest BCUT2D eigenvalue weighted by atomic mass is 35.5. The predicted molar refractivity (Wildman–Crippen MR) is 56.4 cm³/mol. The lowest BCUT2D eigenvalue weighted by molar-refractivity contribution is 0.0773. The Morgan fingerprint density at radius 2 is 2.40 bits per heavy atom. The lowest BCUT2D eigenvalue weighted by Gasteiger charge is -2.19. The van der Waals surface area contributed by atoms with E-state index < -0.39 is 6.04 Å². The van der Waals surface area contributed by atoms with Crippen LogP contribution in [0.25, 0.3) is 0 Å². The van der Waals surface area contributed by atoms with Gasteiger partial charge in [0.1, 0.15) is 11.2 Å². The molecule has 0 N–H and O–H groups in total. The molecule has 0 fully saturated rings. The molecule has 0 radical (unpaired) electrons. The smallest absolute Gasteiger partial charge is 0.254 e. The highest BCUT2D eigenvalue weighted by molar-refractivity contribution is 6.29. The van der Waals surface area contributed by atoms with E-state index in [0.717, 1.165) is 0 Å². The number of nitriles is 1. The van der Waals surface area contributed by atoms with E-state index in [1.807, 2.05) is 6.07 Å². The van der Waals surface area contributed by atoms with E-state index in [1.54, 1.807) is 20.0 Å². The number of hydrogen-bond donors (Lipinski definition) is 0. The molecule has 1 aromatic heterocycles. The minimum atomic E-state index is -0.468. The van der Waals surface area contributed by atoms with Gasteiger partial charge in [-0.15, -0.1) is 0 Å². The monoisotopic (exact) mass is 223 g/mol. The second-order valence-electron chi connectivity index (χ2n) is 3.09. The Kier molecular flexibility index (Phi) is 3.64. The molecule has 1 heterocycles. The van der Waals surface area contributed by atoms with Gasteiger partial charge in [-0.2, -0.15) is 5.26 Å². The summed E-state index contributed by atoms with van der Waals surface area (Å²) in [5, 5.41) is 8.94. The molecular formula is C10H10ClN3O. The van der Waals surface area contributed by atoms with Crippen LogP contribution in [-0.2, 0) is 0 Å². The summed E-state index contributed by atoms with van der Waals surface area (Å²) in [4.78, 5) is 16.9. The lowest BCUT2D eigenvalue weighted by Crippen LogP contribution is -2.34. The van der Waals surface area contributed by atoms with E-state index >= 15 is 0 Å².